The van der Waals surface area contributed by atoms with E-state index in [1.165, 1.54) is 0 Å². The molecule has 0 heterocycles. The first-order valence-electron chi connectivity index (χ1n) is 11.3. The van der Waals surface area contributed by atoms with Gasteiger partial charge in [-0.1, -0.05) is 46.0 Å². The molecule has 0 aliphatic heterocycles. The summed E-state index contributed by atoms with van der Waals surface area (Å²) in [4.78, 5) is 33.8. The predicted octanol–water partition coefficient (Wildman–Crippen LogP) is 3.83. The molecule has 1 unspecified atom stereocenters. The lowest BCUT2D eigenvalue weighted by atomic mass is 10.1. The van der Waals surface area contributed by atoms with E-state index in [0.717, 1.165) is 38.5 Å². The quantitative estimate of drug-likeness (QED) is 0.132. The van der Waals surface area contributed by atoms with Gasteiger partial charge in [0, 0.05) is 12.8 Å². The third kappa shape index (κ3) is 19.4. The Kier molecular flexibility index (Phi) is 16.1. The molecule has 2 atom stereocenters. The van der Waals surface area contributed by atoms with E-state index in [-0.39, 0.29) is 26.1 Å². The summed E-state index contributed by atoms with van der Waals surface area (Å²) < 4.78 is 33.1. The van der Waals surface area contributed by atoms with E-state index in [4.69, 9.17) is 18.5 Å². The molecule has 0 saturated carbocycles. The molecule has 0 rings (SSSR count). The molecule has 9 nitrogen and oxygen atoms in total. The summed E-state index contributed by atoms with van der Waals surface area (Å²) in [5.74, 6) is -0.853. The number of phosphoric acid groups is 1. The summed E-state index contributed by atoms with van der Waals surface area (Å²) in [6.45, 7) is 4.03. The molecule has 0 aromatic rings. The number of phosphoric ester groups is 1. The lowest BCUT2D eigenvalue weighted by molar-refractivity contribution is -0.870. The number of hydrogen-bond acceptors (Lipinski definition) is 7. The number of carbonyl (C=O) groups excluding carboxylic acids is 2. The maximum atomic E-state index is 12.1. The topological polar surface area (TPSA) is 108 Å². The molecule has 0 aliphatic rings. The van der Waals surface area contributed by atoms with Crippen LogP contribution in [0, 0.1) is 0 Å². The first-order valence-corrected chi connectivity index (χ1v) is 12.8. The SMILES string of the molecule is CCCCCCC(=O)O[C@@H](COC(=O)CCCCC)COP(=O)(O)OCC[N+](C)(C)C. The summed E-state index contributed by atoms with van der Waals surface area (Å²) in [6.07, 6.45) is 5.88. The molecule has 0 aromatic carbocycles. The number of nitrogens with zero attached hydrogens (tertiary/aromatic N) is 1. The molecule has 0 spiro atoms. The Morgan fingerprint density at radius 1 is 0.871 bits per heavy atom. The number of carbonyl (C=O) groups is 2. The number of likely N-dealkylation sites (N-methyl/N-ethyl adjacent to an activating group) is 1. The van der Waals surface area contributed by atoms with Crippen LogP contribution in [0.2, 0.25) is 0 Å². The maximum absolute atomic E-state index is 12.1. The highest BCUT2D eigenvalue weighted by Gasteiger charge is 2.26. The Morgan fingerprint density at radius 3 is 2.06 bits per heavy atom. The first-order chi connectivity index (χ1) is 14.5. The Balaban J connectivity index is 4.64. The minimum atomic E-state index is -4.32. The van der Waals surface area contributed by atoms with Crippen LogP contribution in [0.1, 0.15) is 71.6 Å². The van der Waals surface area contributed by atoms with Gasteiger partial charge in [-0.25, -0.2) is 4.57 Å². The van der Waals surface area contributed by atoms with Crippen LogP contribution in [0.4, 0.5) is 0 Å². The fraction of sp³-hybridized carbons (Fsp3) is 0.905. The van der Waals surface area contributed by atoms with Gasteiger partial charge in [0.15, 0.2) is 6.10 Å². The van der Waals surface area contributed by atoms with Gasteiger partial charge in [-0.15, -0.1) is 0 Å². The van der Waals surface area contributed by atoms with Crippen molar-refractivity contribution in [1.29, 1.82) is 0 Å². The highest BCUT2D eigenvalue weighted by molar-refractivity contribution is 7.47. The third-order valence-corrected chi connectivity index (χ3v) is 5.37. The Morgan fingerprint density at radius 2 is 1.45 bits per heavy atom. The number of hydrogen-bond donors (Lipinski definition) is 1. The summed E-state index contributed by atoms with van der Waals surface area (Å²) in [6, 6.07) is 0. The standard InChI is InChI=1S/C21H42NO8P/c1-6-8-10-12-14-21(24)30-19(17-27-20(23)13-11-9-7-2)18-29-31(25,26)28-16-15-22(3,4)5/h19H,6-18H2,1-5H3/p+1/t19-/m0/s1. The maximum Gasteiger partial charge on any atom is 0.472 e. The summed E-state index contributed by atoms with van der Waals surface area (Å²) >= 11 is 0. The molecular formula is C21H43NO8P+. The van der Waals surface area contributed by atoms with Crippen LogP contribution in [0.3, 0.4) is 0 Å². The second-order valence-electron chi connectivity index (χ2n) is 8.67. The van der Waals surface area contributed by atoms with Crippen molar-refractivity contribution < 1.29 is 42.1 Å². The van der Waals surface area contributed by atoms with Crippen LogP contribution in [0.25, 0.3) is 0 Å². The zero-order valence-corrected chi connectivity index (χ0v) is 20.9. The molecule has 0 aliphatic carbocycles. The predicted molar refractivity (Wildman–Crippen MR) is 118 cm³/mol. The molecule has 31 heavy (non-hydrogen) atoms. The summed E-state index contributed by atoms with van der Waals surface area (Å²) in [5.41, 5.74) is 0. The van der Waals surface area contributed by atoms with Crippen LogP contribution in [0.5, 0.6) is 0 Å². The molecule has 184 valence electrons. The minimum absolute atomic E-state index is 0.0333. The van der Waals surface area contributed by atoms with E-state index >= 15 is 0 Å². The van der Waals surface area contributed by atoms with Crippen molar-refractivity contribution in [3.8, 4) is 0 Å². The highest BCUT2D eigenvalue weighted by Crippen LogP contribution is 2.43. The normalized spacial score (nSPS) is 14.6. The van der Waals surface area contributed by atoms with Gasteiger partial charge in [0.1, 0.15) is 19.8 Å². The number of quaternary nitrogens is 1. The van der Waals surface area contributed by atoms with Gasteiger partial charge in [0.2, 0.25) is 0 Å². The van der Waals surface area contributed by atoms with Crippen LogP contribution < -0.4 is 0 Å². The van der Waals surface area contributed by atoms with E-state index in [9.17, 15) is 19.0 Å². The summed E-state index contributed by atoms with van der Waals surface area (Å²) in [5, 5.41) is 0. The third-order valence-electron chi connectivity index (χ3n) is 4.39. The summed E-state index contributed by atoms with van der Waals surface area (Å²) in [7, 11) is 1.47. The van der Waals surface area contributed by atoms with Crippen LogP contribution in [0.15, 0.2) is 0 Å². The zero-order chi connectivity index (χ0) is 23.8. The van der Waals surface area contributed by atoms with Crippen molar-refractivity contribution in [2.75, 3.05) is 47.5 Å². The van der Waals surface area contributed by atoms with Crippen molar-refractivity contribution in [2.24, 2.45) is 0 Å². The van der Waals surface area contributed by atoms with Crippen molar-refractivity contribution in [3.63, 3.8) is 0 Å². The Labute approximate surface area is 187 Å². The number of esters is 2. The average molecular weight is 469 g/mol. The van der Waals surface area contributed by atoms with Gasteiger partial charge in [0.25, 0.3) is 0 Å². The smallest absolute Gasteiger partial charge is 0.462 e. The van der Waals surface area contributed by atoms with Gasteiger partial charge >= 0.3 is 19.8 Å². The lowest BCUT2D eigenvalue weighted by Gasteiger charge is -2.24. The highest BCUT2D eigenvalue weighted by atomic mass is 31.2. The van der Waals surface area contributed by atoms with Crippen molar-refractivity contribution >= 4 is 19.8 Å². The molecule has 0 saturated heterocycles. The van der Waals surface area contributed by atoms with E-state index in [1.807, 2.05) is 28.1 Å². The lowest BCUT2D eigenvalue weighted by Crippen LogP contribution is -2.37. The van der Waals surface area contributed by atoms with Crippen molar-refractivity contribution in [2.45, 2.75) is 77.7 Å². The fourth-order valence-electron chi connectivity index (χ4n) is 2.48. The molecular weight excluding hydrogens is 425 g/mol. The van der Waals surface area contributed by atoms with Crippen LogP contribution in [-0.4, -0.2) is 74.9 Å². The molecule has 0 bridgehead atoms. The number of unbranched alkanes of at least 4 members (excludes halogenated alkanes) is 5. The van der Waals surface area contributed by atoms with Gasteiger partial charge in [-0.3, -0.25) is 18.6 Å². The first kappa shape index (κ1) is 30.0. The average Bonchev–Trinajstić information content (AvgIpc) is 2.66. The zero-order valence-electron chi connectivity index (χ0n) is 20.0. The van der Waals surface area contributed by atoms with Gasteiger partial charge in [-0.05, 0) is 12.8 Å². The van der Waals surface area contributed by atoms with E-state index in [0.29, 0.717) is 17.4 Å². The van der Waals surface area contributed by atoms with Gasteiger partial charge in [0.05, 0.1) is 27.7 Å². The number of ether oxygens (including phenoxy) is 2. The molecule has 0 radical (unpaired) electrons. The molecule has 1 N–H and O–H groups in total. The Hall–Kier alpha value is -0.990. The van der Waals surface area contributed by atoms with E-state index in [1.54, 1.807) is 0 Å². The van der Waals surface area contributed by atoms with Crippen LogP contribution in [-0.2, 0) is 32.7 Å². The minimum Gasteiger partial charge on any atom is -0.462 e. The fourth-order valence-corrected chi connectivity index (χ4v) is 3.22. The molecule has 0 aromatic heterocycles. The molecule has 0 fully saturated rings. The second kappa shape index (κ2) is 16.6. The van der Waals surface area contributed by atoms with Gasteiger partial charge < -0.3 is 18.9 Å². The second-order valence-corrected chi connectivity index (χ2v) is 10.1. The molecule has 10 heteroatoms. The monoisotopic (exact) mass is 468 g/mol. The van der Waals surface area contributed by atoms with E-state index < -0.39 is 32.5 Å². The Bertz CT molecular complexity index is 550. The molecule has 0 amide bonds. The van der Waals surface area contributed by atoms with Crippen molar-refractivity contribution in [1.82, 2.24) is 0 Å². The largest absolute Gasteiger partial charge is 0.472 e. The van der Waals surface area contributed by atoms with Gasteiger partial charge in [-0.2, -0.15) is 0 Å². The number of rotatable bonds is 19. The van der Waals surface area contributed by atoms with E-state index in [2.05, 4.69) is 6.92 Å². The van der Waals surface area contributed by atoms with Crippen LogP contribution >= 0.6 is 7.82 Å². The van der Waals surface area contributed by atoms with Crippen molar-refractivity contribution in [3.05, 3.63) is 0 Å².